The maximum atomic E-state index is 10.1. The molecule has 1 radical (unpaired) electrons. The summed E-state index contributed by atoms with van der Waals surface area (Å²) in [6.07, 6.45) is -0.505. The first-order valence-electron chi connectivity index (χ1n) is 2.29. The number of ketones is 2. The van der Waals surface area contributed by atoms with Crippen molar-refractivity contribution in [3.05, 3.63) is 0 Å². The van der Waals surface area contributed by atoms with Crippen molar-refractivity contribution in [1.29, 1.82) is 0 Å². The van der Waals surface area contributed by atoms with Crippen molar-refractivity contribution in [2.24, 2.45) is 0 Å². The number of hydrogen-bond donors (Lipinski definition) is 1. The third-order valence-corrected chi connectivity index (χ3v) is 0.648. The molecule has 0 bridgehead atoms. The summed E-state index contributed by atoms with van der Waals surface area (Å²) in [4.78, 5) is 29.9. The number of aliphatic carboxylic acids is 1. The van der Waals surface area contributed by atoms with E-state index in [0.717, 1.165) is 0 Å². The Labute approximate surface area is 76.4 Å². The number of carbonyl (C=O) groups is 3. The van der Waals surface area contributed by atoms with E-state index in [2.05, 4.69) is 0 Å². The molecular formula is C5H6O4Sc. The van der Waals surface area contributed by atoms with Gasteiger partial charge in [0, 0.05) is 25.8 Å². The standard InChI is InChI=1S/C5H6O4.Sc/c1-3(6)2-4(7)5(8)9;/h2H2,1H3,(H,8,9);. The number of carboxylic acid groups (broad SMARTS) is 1. The molecule has 0 saturated carbocycles. The van der Waals surface area contributed by atoms with Crippen LogP contribution in [0.4, 0.5) is 0 Å². The Balaban J connectivity index is 0. The molecule has 0 atom stereocenters. The zero-order valence-corrected chi connectivity index (χ0v) is 7.26. The largest absolute Gasteiger partial charge is 0.475 e. The second-order valence-corrected chi connectivity index (χ2v) is 1.61. The van der Waals surface area contributed by atoms with Crippen LogP contribution in [0.25, 0.3) is 0 Å². The number of carbonyl (C=O) groups excluding carboxylic acids is 2. The van der Waals surface area contributed by atoms with Gasteiger partial charge in [-0.1, -0.05) is 0 Å². The summed E-state index contributed by atoms with van der Waals surface area (Å²) in [7, 11) is 0. The van der Waals surface area contributed by atoms with E-state index in [0.29, 0.717) is 0 Å². The Hall–Kier alpha value is -0.320. The molecule has 1 N–H and O–H groups in total. The van der Waals surface area contributed by atoms with Crippen LogP contribution in [0.2, 0.25) is 0 Å². The zero-order chi connectivity index (χ0) is 7.44. The average molecular weight is 175 g/mol. The van der Waals surface area contributed by atoms with Crippen molar-refractivity contribution < 1.29 is 45.3 Å². The summed E-state index contributed by atoms with van der Waals surface area (Å²) in [6, 6.07) is 0. The van der Waals surface area contributed by atoms with Gasteiger partial charge in [-0.05, 0) is 6.92 Å². The molecule has 0 fully saturated rings. The van der Waals surface area contributed by atoms with Gasteiger partial charge in [-0.15, -0.1) is 0 Å². The van der Waals surface area contributed by atoms with E-state index in [1.165, 1.54) is 6.92 Å². The van der Waals surface area contributed by atoms with Crippen LogP contribution < -0.4 is 0 Å². The molecule has 0 aromatic carbocycles. The van der Waals surface area contributed by atoms with Crippen LogP contribution in [0.1, 0.15) is 13.3 Å². The van der Waals surface area contributed by atoms with Crippen LogP contribution in [0, 0.1) is 0 Å². The Morgan fingerprint density at radius 3 is 1.80 bits per heavy atom. The first-order chi connectivity index (χ1) is 4.04. The van der Waals surface area contributed by atoms with Crippen molar-refractivity contribution in [1.82, 2.24) is 0 Å². The molecule has 0 aromatic rings. The molecule has 0 unspecified atom stereocenters. The molecule has 4 nitrogen and oxygen atoms in total. The number of Topliss-reactive ketones (excluding diaryl/α,β-unsaturated/α-hetero) is 2. The predicted octanol–water partition coefficient (Wildman–Crippen LogP) is -0.383. The predicted molar refractivity (Wildman–Crippen MR) is 27.9 cm³/mol. The Morgan fingerprint density at radius 1 is 1.30 bits per heavy atom. The van der Waals surface area contributed by atoms with E-state index in [1.54, 1.807) is 0 Å². The number of rotatable bonds is 3. The molecule has 53 valence electrons. The van der Waals surface area contributed by atoms with Crippen LogP contribution in [0.15, 0.2) is 0 Å². The molecule has 0 spiro atoms. The van der Waals surface area contributed by atoms with E-state index < -0.39 is 24.0 Å². The molecule has 10 heavy (non-hydrogen) atoms. The van der Waals surface area contributed by atoms with Crippen molar-refractivity contribution in [2.45, 2.75) is 13.3 Å². The summed E-state index contributed by atoms with van der Waals surface area (Å²) < 4.78 is 0. The van der Waals surface area contributed by atoms with E-state index in [4.69, 9.17) is 5.11 Å². The van der Waals surface area contributed by atoms with E-state index in [-0.39, 0.29) is 25.8 Å². The average Bonchev–Trinajstić information content (AvgIpc) is 1.63. The quantitative estimate of drug-likeness (QED) is 0.468. The first-order valence-corrected chi connectivity index (χ1v) is 2.29. The van der Waals surface area contributed by atoms with Crippen molar-refractivity contribution in [3.63, 3.8) is 0 Å². The molecule has 0 aliphatic carbocycles. The fourth-order valence-corrected chi connectivity index (χ4v) is 0.302. The van der Waals surface area contributed by atoms with Crippen molar-refractivity contribution >= 4 is 17.5 Å². The summed E-state index contributed by atoms with van der Waals surface area (Å²) in [5.74, 6) is -3.03. The molecule has 0 rings (SSSR count). The molecule has 0 aliphatic heterocycles. The van der Waals surface area contributed by atoms with Crippen LogP contribution in [0.3, 0.4) is 0 Å². The van der Waals surface area contributed by atoms with Crippen molar-refractivity contribution in [3.8, 4) is 0 Å². The van der Waals surface area contributed by atoms with Gasteiger partial charge in [-0.25, -0.2) is 4.79 Å². The van der Waals surface area contributed by atoms with Crippen molar-refractivity contribution in [2.75, 3.05) is 0 Å². The minimum absolute atomic E-state index is 0. The second-order valence-electron chi connectivity index (χ2n) is 1.61. The fourth-order valence-electron chi connectivity index (χ4n) is 0.302. The Kier molecular flexibility index (Phi) is 6.76. The maximum Gasteiger partial charge on any atom is 0.372 e. The third-order valence-electron chi connectivity index (χ3n) is 0.648. The summed E-state index contributed by atoms with van der Waals surface area (Å²) in [5.41, 5.74) is 0. The number of hydrogen-bond acceptors (Lipinski definition) is 3. The van der Waals surface area contributed by atoms with Gasteiger partial charge in [0.25, 0.3) is 0 Å². The summed E-state index contributed by atoms with van der Waals surface area (Å²) >= 11 is 0. The fraction of sp³-hybridized carbons (Fsp3) is 0.400. The van der Waals surface area contributed by atoms with Crippen LogP contribution in [0.5, 0.6) is 0 Å². The Morgan fingerprint density at radius 2 is 1.70 bits per heavy atom. The minimum Gasteiger partial charge on any atom is -0.475 e. The molecule has 0 amide bonds. The molecule has 0 aromatic heterocycles. The summed E-state index contributed by atoms with van der Waals surface area (Å²) in [6.45, 7) is 1.17. The van der Waals surface area contributed by atoms with Gasteiger partial charge in [-0.2, -0.15) is 0 Å². The van der Waals surface area contributed by atoms with Gasteiger partial charge in [-0.3, -0.25) is 9.59 Å². The van der Waals surface area contributed by atoms with E-state index >= 15 is 0 Å². The smallest absolute Gasteiger partial charge is 0.372 e. The van der Waals surface area contributed by atoms with Gasteiger partial charge < -0.3 is 5.11 Å². The normalized spacial score (nSPS) is 7.70. The molecule has 5 heteroatoms. The van der Waals surface area contributed by atoms with Gasteiger partial charge in [0.2, 0.25) is 5.78 Å². The summed E-state index contributed by atoms with van der Waals surface area (Å²) in [5, 5.41) is 7.93. The first kappa shape index (κ1) is 12.4. The van der Waals surface area contributed by atoms with Gasteiger partial charge in [0.1, 0.15) is 5.78 Å². The SMILES string of the molecule is CC(=O)CC(=O)C(=O)O.[Sc]. The third kappa shape index (κ3) is 5.81. The molecule has 0 aliphatic rings. The van der Waals surface area contributed by atoms with Crippen LogP contribution in [-0.2, 0) is 40.2 Å². The minimum atomic E-state index is -1.55. The van der Waals surface area contributed by atoms with E-state index in [9.17, 15) is 14.4 Å². The molecule has 0 saturated heterocycles. The molecular weight excluding hydrogens is 169 g/mol. The van der Waals surface area contributed by atoms with Crippen LogP contribution >= 0.6 is 0 Å². The van der Waals surface area contributed by atoms with Gasteiger partial charge in [0.05, 0.1) is 6.42 Å². The molecule has 0 heterocycles. The monoisotopic (exact) mass is 175 g/mol. The zero-order valence-electron chi connectivity index (χ0n) is 5.46. The second kappa shape index (κ2) is 5.46. The topological polar surface area (TPSA) is 71.4 Å². The maximum absolute atomic E-state index is 10.1. The van der Waals surface area contributed by atoms with E-state index in [1.807, 2.05) is 0 Å². The Bertz CT molecular complexity index is 163. The number of carboxylic acids is 1. The van der Waals surface area contributed by atoms with Crippen LogP contribution in [-0.4, -0.2) is 22.6 Å². The van der Waals surface area contributed by atoms with Gasteiger partial charge >= 0.3 is 5.97 Å². The van der Waals surface area contributed by atoms with Gasteiger partial charge in [0.15, 0.2) is 0 Å².